The van der Waals surface area contributed by atoms with Crippen molar-refractivity contribution >= 4 is 12.6 Å². The Morgan fingerprint density at radius 3 is 2.14 bits per heavy atom. The van der Waals surface area contributed by atoms with Gasteiger partial charge in [-0.25, -0.2) is 0 Å². The van der Waals surface area contributed by atoms with Gasteiger partial charge >= 0.3 is 29.6 Å². The summed E-state index contributed by atoms with van der Waals surface area (Å²) in [5, 5.41) is 9.03. The van der Waals surface area contributed by atoms with Crippen molar-refractivity contribution in [3.63, 3.8) is 0 Å². The fourth-order valence-corrected chi connectivity index (χ4v) is 0.0393. The summed E-state index contributed by atoms with van der Waals surface area (Å²) in [5.74, 6) is 0. The molecule has 0 atom stereocenters. The van der Waals surface area contributed by atoms with E-state index in [2.05, 4.69) is 4.74 Å². The van der Waals surface area contributed by atoms with Crippen LogP contribution in [-0.4, -0.2) is 12.6 Å². The maximum Gasteiger partial charge on any atom is 1.00 e. The largest absolute Gasteiger partial charge is 1.00 e. The molecular formula is C2HNaO4. The van der Waals surface area contributed by atoms with Gasteiger partial charge in [-0.15, -0.1) is 0 Å². The molecule has 5 heteroatoms. The molecule has 4 nitrogen and oxygen atoms in total. The van der Waals surface area contributed by atoms with E-state index >= 15 is 0 Å². The SMILES string of the molecule is O=COC(=O)[O-].[Na+]. The number of ether oxygens (including phenoxy) is 1. The standard InChI is InChI=1S/C2H2O4.Na/c3-1-6-2(4)5;/h1H,(H,4,5);/q;+1/p-1. The number of hydrogen-bond donors (Lipinski definition) is 0. The zero-order chi connectivity index (χ0) is 4.99. The second kappa shape index (κ2) is 5.94. The fourth-order valence-electron chi connectivity index (χ4n) is 0.0393. The molecule has 0 fully saturated rings. The van der Waals surface area contributed by atoms with Crippen LogP contribution in [0.5, 0.6) is 0 Å². The molecule has 0 amide bonds. The van der Waals surface area contributed by atoms with Crippen LogP contribution in [-0.2, 0) is 9.53 Å². The molecule has 7 heavy (non-hydrogen) atoms. The van der Waals surface area contributed by atoms with Crippen LogP contribution in [0.25, 0.3) is 0 Å². The molecule has 0 unspecified atom stereocenters. The van der Waals surface area contributed by atoms with E-state index in [1.165, 1.54) is 0 Å². The fraction of sp³-hybridized carbons (Fsp3) is 0. The van der Waals surface area contributed by atoms with E-state index in [0.29, 0.717) is 0 Å². The average molecular weight is 112 g/mol. The van der Waals surface area contributed by atoms with Crippen LogP contribution in [0.15, 0.2) is 0 Å². The Morgan fingerprint density at radius 2 is 2.14 bits per heavy atom. The number of carboxylic acid groups (broad SMARTS) is 1. The van der Waals surface area contributed by atoms with E-state index in [-0.39, 0.29) is 36.0 Å². The van der Waals surface area contributed by atoms with Crippen LogP contribution in [0.4, 0.5) is 4.79 Å². The third-order valence-electron chi connectivity index (χ3n) is 0.144. The maximum absolute atomic E-state index is 9.03. The maximum atomic E-state index is 9.03. The van der Waals surface area contributed by atoms with Gasteiger partial charge in [-0.2, -0.15) is 0 Å². The van der Waals surface area contributed by atoms with Crippen LogP contribution in [0.2, 0.25) is 0 Å². The molecule has 0 aromatic rings. The summed E-state index contributed by atoms with van der Waals surface area (Å²) in [4.78, 5) is 18.0. The van der Waals surface area contributed by atoms with E-state index < -0.39 is 6.16 Å². The summed E-state index contributed by atoms with van der Waals surface area (Å²) in [6.07, 6.45) is -1.83. The molecule has 0 aliphatic carbocycles. The smallest absolute Gasteiger partial charge is 0.486 e. The Kier molecular flexibility index (Phi) is 8.51. The third kappa shape index (κ3) is 10.7. The van der Waals surface area contributed by atoms with Gasteiger partial charge in [-0.1, -0.05) is 0 Å². The molecule has 0 spiro atoms. The summed E-state index contributed by atoms with van der Waals surface area (Å²) in [6.45, 7) is -0.213. The van der Waals surface area contributed by atoms with Crippen molar-refractivity contribution in [3.8, 4) is 0 Å². The average Bonchev–Trinajstić information content (AvgIpc) is 1.35. The first-order chi connectivity index (χ1) is 2.77. The van der Waals surface area contributed by atoms with Crippen molar-refractivity contribution in [2.75, 3.05) is 0 Å². The molecule has 0 radical (unpaired) electrons. The summed E-state index contributed by atoms with van der Waals surface area (Å²) in [7, 11) is 0. The zero-order valence-corrected chi connectivity index (χ0v) is 5.71. The van der Waals surface area contributed by atoms with Gasteiger partial charge in [0, 0.05) is 0 Å². The van der Waals surface area contributed by atoms with Gasteiger partial charge in [0.2, 0.25) is 6.47 Å². The van der Waals surface area contributed by atoms with Crippen molar-refractivity contribution in [2.24, 2.45) is 0 Å². The van der Waals surface area contributed by atoms with E-state index in [4.69, 9.17) is 14.7 Å². The predicted octanol–water partition coefficient (Wildman–Crippen LogP) is -4.49. The van der Waals surface area contributed by atoms with Gasteiger partial charge in [0.05, 0.1) is 0 Å². The van der Waals surface area contributed by atoms with Crippen LogP contribution < -0.4 is 34.7 Å². The molecule has 0 saturated heterocycles. The van der Waals surface area contributed by atoms with Gasteiger partial charge in [0.25, 0.3) is 6.16 Å². The van der Waals surface area contributed by atoms with Crippen molar-refractivity contribution in [3.05, 3.63) is 0 Å². The molecule has 0 aromatic carbocycles. The molecule has 0 aliphatic heterocycles. The molecule has 0 N–H and O–H groups in total. The molecule has 0 bridgehead atoms. The molecular weight excluding hydrogens is 111 g/mol. The number of hydrogen-bond acceptors (Lipinski definition) is 4. The van der Waals surface area contributed by atoms with Gasteiger partial charge < -0.3 is 14.6 Å². The van der Waals surface area contributed by atoms with E-state index in [9.17, 15) is 0 Å². The van der Waals surface area contributed by atoms with Crippen LogP contribution >= 0.6 is 0 Å². The van der Waals surface area contributed by atoms with Gasteiger partial charge in [0.15, 0.2) is 0 Å². The van der Waals surface area contributed by atoms with Crippen molar-refractivity contribution in [1.29, 1.82) is 0 Å². The Hall–Kier alpha value is -0.0600. The number of carbonyl (C=O) groups excluding carboxylic acids is 2. The second-order valence-electron chi connectivity index (χ2n) is 0.464. The first-order valence-corrected chi connectivity index (χ1v) is 1.08. The van der Waals surface area contributed by atoms with Gasteiger partial charge in [0.1, 0.15) is 0 Å². The summed E-state index contributed by atoms with van der Waals surface area (Å²) in [6, 6.07) is 0. The van der Waals surface area contributed by atoms with E-state index in [1.54, 1.807) is 0 Å². The molecule has 0 heterocycles. The molecule has 34 valence electrons. The van der Waals surface area contributed by atoms with Gasteiger partial charge in [-0.3, -0.25) is 4.79 Å². The summed E-state index contributed by atoms with van der Waals surface area (Å²) >= 11 is 0. The van der Waals surface area contributed by atoms with E-state index in [0.717, 1.165) is 0 Å². The molecule has 0 saturated carbocycles. The van der Waals surface area contributed by atoms with Crippen molar-refractivity contribution < 1.29 is 49.0 Å². The Balaban J connectivity index is 0. The zero-order valence-electron chi connectivity index (χ0n) is 3.71. The summed E-state index contributed by atoms with van der Waals surface area (Å²) < 4.78 is 3.17. The minimum absolute atomic E-state index is 0. The quantitative estimate of drug-likeness (QED) is 0.148. The number of rotatable bonds is 1. The Labute approximate surface area is 61.7 Å². The van der Waals surface area contributed by atoms with Crippen LogP contribution in [0.3, 0.4) is 0 Å². The van der Waals surface area contributed by atoms with Crippen LogP contribution in [0, 0.1) is 0 Å². The minimum Gasteiger partial charge on any atom is -0.486 e. The summed E-state index contributed by atoms with van der Waals surface area (Å²) in [5.41, 5.74) is 0. The minimum atomic E-state index is -1.83. The molecule has 0 rings (SSSR count). The van der Waals surface area contributed by atoms with Crippen molar-refractivity contribution in [2.45, 2.75) is 0 Å². The third-order valence-corrected chi connectivity index (χ3v) is 0.144. The normalized spacial score (nSPS) is 5.71. The molecule has 0 aromatic heterocycles. The first kappa shape index (κ1) is 10.0. The monoisotopic (exact) mass is 112 g/mol. The number of carbonyl (C=O) groups is 2. The van der Waals surface area contributed by atoms with Crippen molar-refractivity contribution in [1.82, 2.24) is 0 Å². The Bertz CT molecular complexity index is 70.1. The first-order valence-electron chi connectivity index (χ1n) is 1.08. The molecule has 0 aliphatic rings. The van der Waals surface area contributed by atoms with E-state index in [1.807, 2.05) is 0 Å². The topological polar surface area (TPSA) is 66.4 Å². The predicted molar refractivity (Wildman–Crippen MR) is 12.5 cm³/mol. The van der Waals surface area contributed by atoms with Gasteiger partial charge in [-0.05, 0) is 0 Å². The second-order valence-corrected chi connectivity index (χ2v) is 0.464. The van der Waals surface area contributed by atoms with Crippen LogP contribution in [0.1, 0.15) is 0 Å². The Morgan fingerprint density at radius 1 is 1.71 bits per heavy atom.